The average molecular weight is 341 g/mol. The van der Waals surface area contributed by atoms with Gasteiger partial charge in [0.25, 0.3) is 5.69 Å². The number of rotatable bonds is 4. The summed E-state index contributed by atoms with van der Waals surface area (Å²) in [6.07, 6.45) is 4.64. The summed E-state index contributed by atoms with van der Waals surface area (Å²) >= 11 is 0. The van der Waals surface area contributed by atoms with Crippen LogP contribution >= 0.6 is 0 Å². The van der Waals surface area contributed by atoms with Gasteiger partial charge in [-0.15, -0.1) is 0 Å². The predicted molar refractivity (Wildman–Crippen MR) is 96.3 cm³/mol. The van der Waals surface area contributed by atoms with E-state index >= 15 is 0 Å². The lowest BCUT2D eigenvalue weighted by Gasteiger charge is -2.34. The second kappa shape index (κ2) is 6.48. The fraction of sp³-hybridized carbons (Fsp3) is 0.500. The summed E-state index contributed by atoms with van der Waals surface area (Å²) in [6.45, 7) is 5.31. The molecule has 1 aromatic carbocycles. The Balaban J connectivity index is 1.74. The van der Waals surface area contributed by atoms with Crippen LogP contribution in [-0.2, 0) is 6.42 Å². The highest BCUT2D eigenvalue weighted by Crippen LogP contribution is 2.38. The normalized spacial score (nSPS) is 20.3. The Kier molecular flexibility index (Phi) is 4.17. The first-order valence-corrected chi connectivity index (χ1v) is 9.03. The number of aromatic nitrogens is 2. The van der Waals surface area contributed by atoms with Crippen LogP contribution in [0.15, 0.2) is 24.3 Å². The van der Waals surface area contributed by atoms with E-state index in [0.717, 1.165) is 44.0 Å². The molecule has 7 heteroatoms. The minimum Gasteiger partial charge on any atom is -0.369 e. The fourth-order valence-corrected chi connectivity index (χ4v) is 4.05. The summed E-state index contributed by atoms with van der Waals surface area (Å²) in [5.41, 5.74) is 3.45. The van der Waals surface area contributed by atoms with E-state index in [4.69, 9.17) is 5.10 Å². The Hall–Kier alpha value is -2.41. The molecule has 1 saturated heterocycles. The molecule has 2 aliphatic heterocycles. The molecule has 7 nitrogen and oxygen atoms in total. The molecular weight excluding hydrogens is 318 g/mol. The summed E-state index contributed by atoms with van der Waals surface area (Å²) in [7, 11) is 0. The topological polar surface area (TPSA) is 76.2 Å². The number of hydrogen-bond donors (Lipinski definition) is 1. The van der Waals surface area contributed by atoms with Crippen molar-refractivity contribution in [2.24, 2.45) is 0 Å². The molecule has 2 aromatic rings. The minimum absolute atomic E-state index is 0.102. The van der Waals surface area contributed by atoms with Crippen molar-refractivity contribution in [3.05, 3.63) is 45.6 Å². The number of nitrogens with zero attached hydrogens (tertiary/aromatic N) is 4. The molecule has 0 aliphatic carbocycles. The van der Waals surface area contributed by atoms with E-state index < -0.39 is 0 Å². The van der Waals surface area contributed by atoms with E-state index in [2.05, 4.69) is 17.1 Å². The van der Waals surface area contributed by atoms with Gasteiger partial charge in [-0.25, -0.2) is 4.68 Å². The number of likely N-dealkylation sites (tertiary alicyclic amines) is 1. The highest BCUT2D eigenvalue weighted by atomic mass is 16.6. The molecule has 1 unspecified atom stereocenters. The van der Waals surface area contributed by atoms with Gasteiger partial charge in [0, 0.05) is 24.2 Å². The summed E-state index contributed by atoms with van der Waals surface area (Å²) in [5.74, 6) is 1.05. The molecule has 25 heavy (non-hydrogen) atoms. The van der Waals surface area contributed by atoms with Gasteiger partial charge < -0.3 is 5.32 Å². The van der Waals surface area contributed by atoms with Gasteiger partial charge in [0.15, 0.2) is 0 Å². The second-order valence-electron chi connectivity index (χ2n) is 6.71. The zero-order valence-electron chi connectivity index (χ0n) is 14.4. The average Bonchev–Trinajstić information content (AvgIpc) is 3.24. The van der Waals surface area contributed by atoms with Crippen molar-refractivity contribution in [2.75, 3.05) is 25.0 Å². The summed E-state index contributed by atoms with van der Waals surface area (Å²) in [6, 6.07) is 7.00. The van der Waals surface area contributed by atoms with E-state index in [1.165, 1.54) is 36.2 Å². The molecule has 0 saturated carbocycles. The highest BCUT2D eigenvalue weighted by Gasteiger charge is 2.32. The third-order valence-corrected chi connectivity index (χ3v) is 5.32. The number of non-ortho nitro benzene ring substituents is 1. The molecule has 3 heterocycles. The van der Waals surface area contributed by atoms with Crippen molar-refractivity contribution in [3.8, 4) is 5.69 Å². The van der Waals surface area contributed by atoms with Crippen molar-refractivity contribution < 1.29 is 4.92 Å². The van der Waals surface area contributed by atoms with Crippen LogP contribution in [0.4, 0.5) is 11.5 Å². The zero-order valence-corrected chi connectivity index (χ0v) is 14.4. The third-order valence-electron chi connectivity index (χ3n) is 5.32. The van der Waals surface area contributed by atoms with E-state index in [1.807, 2.05) is 4.68 Å². The van der Waals surface area contributed by atoms with Crippen molar-refractivity contribution in [2.45, 2.75) is 38.6 Å². The number of fused-ring (bicyclic) bond motifs is 1. The van der Waals surface area contributed by atoms with Crippen LogP contribution in [0.3, 0.4) is 0 Å². The number of piperidine rings is 1. The molecule has 2 aliphatic rings. The lowest BCUT2D eigenvalue weighted by molar-refractivity contribution is -0.384. The van der Waals surface area contributed by atoms with Gasteiger partial charge >= 0.3 is 0 Å². The lowest BCUT2D eigenvalue weighted by Crippen LogP contribution is -2.33. The first kappa shape index (κ1) is 16.1. The first-order chi connectivity index (χ1) is 12.2. The Morgan fingerprint density at radius 1 is 1.32 bits per heavy atom. The molecule has 4 rings (SSSR count). The molecule has 1 N–H and O–H groups in total. The Morgan fingerprint density at radius 3 is 2.84 bits per heavy atom. The standard InChI is InChI=1S/C18H23N5O2/c1-2-21-12-4-3-5-16(21)17-15-10-11-19-18(15)22(20-17)13-6-8-14(9-7-13)23(24)25/h6-9,16,19H,2-5,10-12H2,1H3. The summed E-state index contributed by atoms with van der Waals surface area (Å²) < 4.78 is 1.92. The molecule has 0 bridgehead atoms. The van der Waals surface area contributed by atoms with Gasteiger partial charge in [0.2, 0.25) is 0 Å². The molecule has 1 aromatic heterocycles. The van der Waals surface area contributed by atoms with E-state index in [0.29, 0.717) is 6.04 Å². The van der Waals surface area contributed by atoms with Crippen molar-refractivity contribution in [3.63, 3.8) is 0 Å². The van der Waals surface area contributed by atoms with E-state index in [9.17, 15) is 10.1 Å². The largest absolute Gasteiger partial charge is 0.369 e. The summed E-state index contributed by atoms with van der Waals surface area (Å²) in [4.78, 5) is 13.0. The quantitative estimate of drug-likeness (QED) is 0.682. The number of nitro groups is 1. The number of nitro benzene ring substituents is 1. The van der Waals surface area contributed by atoms with Gasteiger partial charge in [0.05, 0.1) is 22.3 Å². The van der Waals surface area contributed by atoms with Crippen LogP contribution in [0.2, 0.25) is 0 Å². The van der Waals surface area contributed by atoms with Crippen molar-refractivity contribution in [1.29, 1.82) is 0 Å². The maximum absolute atomic E-state index is 10.9. The molecule has 132 valence electrons. The van der Waals surface area contributed by atoms with Crippen LogP contribution in [0.1, 0.15) is 43.5 Å². The van der Waals surface area contributed by atoms with Crippen LogP contribution in [0, 0.1) is 10.1 Å². The number of nitrogens with one attached hydrogen (secondary N) is 1. The summed E-state index contributed by atoms with van der Waals surface area (Å²) in [5, 5.41) is 19.3. The Bertz CT molecular complexity index is 784. The van der Waals surface area contributed by atoms with Crippen LogP contribution in [0.25, 0.3) is 5.69 Å². The highest BCUT2D eigenvalue weighted by molar-refractivity contribution is 5.58. The van der Waals surface area contributed by atoms with Crippen molar-refractivity contribution >= 4 is 11.5 Å². The van der Waals surface area contributed by atoms with Crippen LogP contribution in [-0.4, -0.2) is 39.2 Å². The molecular formula is C18H23N5O2. The van der Waals surface area contributed by atoms with E-state index in [1.54, 1.807) is 12.1 Å². The SMILES string of the molecule is CCN1CCCCC1c1nn(-c2ccc([N+](=O)[O-])cc2)c2c1CCN2. The smallest absolute Gasteiger partial charge is 0.269 e. The Morgan fingerprint density at radius 2 is 2.12 bits per heavy atom. The van der Waals surface area contributed by atoms with Crippen LogP contribution < -0.4 is 5.32 Å². The van der Waals surface area contributed by atoms with Gasteiger partial charge in [-0.05, 0) is 44.5 Å². The van der Waals surface area contributed by atoms with E-state index in [-0.39, 0.29) is 10.6 Å². The maximum Gasteiger partial charge on any atom is 0.269 e. The maximum atomic E-state index is 10.9. The lowest BCUT2D eigenvalue weighted by atomic mass is 9.96. The molecule has 0 spiro atoms. The number of hydrogen-bond acceptors (Lipinski definition) is 5. The van der Waals surface area contributed by atoms with Crippen molar-refractivity contribution in [1.82, 2.24) is 14.7 Å². The van der Waals surface area contributed by atoms with Gasteiger partial charge in [-0.1, -0.05) is 13.3 Å². The zero-order chi connectivity index (χ0) is 17.4. The molecule has 1 atom stereocenters. The monoisotopic (exact) mass is 341 g/mol. The predicted octanol–water partition coefficient (Wildman–Crippen LogP) is 3.30. The number of benzene rings is 1. The van der Waals surface area contributed by atoms with Gasteiger partial charge in [-0.3, -0.25) is 15.0 Å². The second-order valence-corrected chi connectivity index (χ2v) is 6.71. The molecule has 0 radical (unpaired) electrons. The third kappa shape index (κ3) is 2.78. The fourth-order valence-electron chi connectivity index (χ4n) is 4.05. The minimum atomic E-state index is -0.373. The molecule has 1 fully saturated rings. The van der Waals surface area contributed by atoms with Gasteiger partial charge in [-0.2, -0.15) is 5.10 Å². The van der Waals surface area contributed by atoms with Crippen LogP contribution in [0.5, 0.6) is 0 Å². The molecule has 0 amide bonds. The van der Waals surface area contributed by atoms with Gasteiger partial charge in [0.1, 0.15) is 5.82 Å². The first-order valence-electron chi connectivity index (χ1n) is 9.03. The number of anilines is 1. The Labute approximate surface area is 146 Å².